The number of methoxy groups -OCH3 is 4. The molecule has 0 radical (unpaired) electrons. The minimum atomic E-state index is -0.995. The standard InChI is InChI=1S/C38H42O12/c1-37(2)47-31(19-45-29-17-23-21(11-9-13-27(23)41-5)15-25(29)35(39)43-7)33(49-37)34-32(48-38(3,4)50-34)20-46-30-18-24-22(12-10-14-28(24)42-6)16-26(30)36(40)44-8/h9-18,31-34H,19-20H2,1-8H3/t31-,32+,33+,34-. The van der Waals surface area contributed by atoms with E-state index in [-0.39, 0.29) is 24.3 Å². The molecule has 0 amide bonds. The largest absolute Gasteiger partial charge is 0.496 e. The fourth-order valence-corrected chi connectivity index (χ4v) is 6.57. The highest BCUT2D eigenvalue weighted by atomic mass is 16.8. The van der Waals surface area contributed by atoms with Crippen LogP contribution in [0.5, 0.6) is 23.0 Å². The zero-order chi connectivity index (χ0) is 35.8. The number of benzene rings is 4. The molecular weight excluding hydrogens is 648 g/mol. The second-order valence-electron chi connectivity index (χ2n) is 12.9. The number of hydrogen-bond donors (Lipinski definition) is 0. The monoisotopic (exact) mass is 690 g/mol. The Bertz CT molecular complexity index is 1760. The molecule has 0 N–H and O–H groups in total. The first-order valence-corrected chi connectivity index (χ1v) is 16.2. The van der Waals surface area contributed by atoms with Crippen LogP contribution in [-0.2, 0) is 28.4 Å². The van der Waals surface area contributed by atoms with E-state index in [1.54, 1.807) is 66.2 Å². The Labute approximate surface area is 290 Å². The van der Waals surface area contributed by atoms with Gasteiger partial charge in [-0.3, -0.25) is 0 Å². The number of carbonyl (C=O) groups excluding carboxylic acids is 2. The van der Waals surface area contributed by atoms with Gasteiger partial charge in [0.15, 0.2) is 11.6 Å². The van der Waals surface area contributed by atoms with Crippen LogP contribution in [0.15, 0.2) is 60.7 Å². The first-order chi connectivity index (χ1) is 23.9. The average molecular weight is 691 g/mol. The van der Waals surface area contributed by atoms with Crippen LogP contribution in [0.1, 0.15) is 48.4 Å². The summed E-state index contributed by atoms with van der Waals surface area (Å²) < 4.78 is 59.4. The third kappa shape index (κ3) is 7.02. The summed E-state index contributed by atoms with van der Waals surface area (Å²) in [6.07, 6.45) is -2.64. The summed E-state index contributed by atoms with van der Waals surface area (Å²) in [5.41, 5.74) is 0.508. The maximum atomic E-state index is 12.8. The van der Waals surface area contributed by atoms with Crippen molar-refractivity contribution in [2.24, 2.45) is 0 Å². The number of fused-ring (bicyclic) bond motifs is 2. The Kier molecular flexibility index (Phi) is 9.82. The summed E-state index contributed by atoms with van der Waals surface area (Å²) >= 11 is 0. The SMILES string of the molecule is COC(=O)c1cc2cccc(OC)c2cc1OC[C@@H]1OC(C)(C)O[C@H]1[C@H]1OC(C)(C)O[C@@H]1COc1cc2c(OC)cccc2cc1C(=O)OC. The van der Waals surface area contributed by atoms with E-state index in [2.05, 4.69) is 0 Å². The molecule has 4 aromatic carbocycles. The Balaban J connectivity index is 1.28. The van der Waals surface area contributed by atoms with Gasteiger partial charge in [-0.05, 0) is 74.9 Å². The third-order valence-corrected chi connectivity index (χ3v) is 8.70. The lowest BCUT2D eigenvalue weighted by molar-refractivity contribution is -0.175. The second kappa shape index (κ2) is 13.9. The molecule has 2 heterocycles. The molecule has 0 spiro atoms. The van der Waals surface area contributed by atoms with Crippen LogP contribution >= 0.6 is 0 Å². The fourth-order valence-electron chi connectivity index (χ4n) is 6.57. The van der Waals surface area contributed by atoms with Crippen molar-refractivity contribution >= 4 is 33.5 Å². The van der Waals surface area contributed by atoms with E-state index in [9.17, 15) is 9.59 Å². The lowest BCUT2D eigenvalue weighted by atomic mass is 10.0. The molecule has 0 aromatic heterocycles. The maximum Gasteiger partial charge on any atom is 0.341 e. The maximum absolute atomic E-state index is 12.8. The van der Waals surface area contributed by atoms with Crippen molar-refractivity contribution in [1.82, 2.24) is 0 Å². The summed E-state index contributed by atoms with van der Waals surface area (Å²) in [5.74, 6) is -1.23. The van der Waals surface area contributed by atoms with Gasteiger partial charge in [0.2, 0.25) is 0 Å². The van der Waals surface area contributed by atoms with Gasteiger partial charge in [0.1, 0.15) is 71.8 Å². The molecule has 0 unspecified atom stereocenters. The molecule has 0 bridgehead atoms. The van der Waals surface area contributed by atoms with Crippen LogP contribution in [0.4, 0.5) is 0 Å². The number of esters is 2. The van der Waals surface area contributed by atoms with Gasteiger partial charge in [-0.15, -0.1) is 0 Å². The highest BCUT2D eigenvalue weighted by Crippen LogP contribution is 2.40. The van der Waals surface area contributed by atoms with Crippen molar-refractivity contribution in [2.45, 2.75) is 63.7 Å². The number of carbonyl (C=O) groups is 2. The van der Waals surface area contributed by atoms with Gasteiger partial charge in [0, 0.05) is 10.8 Å². The molecule has 2 aliphatic rings. The van der Waals surface area contributed by atoms with Crippen LogP contribution < -0.4 is 18.9 Å². The molecule has 2 aliphatic heterocycles. The van der Waals surface area contributed by atoms with Crippen LogP contribution in [0.2, 0.25) is 0 Å². The van der Waals surface area contributed by atoms with Crippen molar-refractivity contribution in [1.29, 1.82) is 0 Å². The highest BCUT2D eigenvalue weighted by Gasteiger charge is 2.54. The van der Waals surface area contributed by atoms with Gasteiger partial charge in [0.25, 0.3) is 0 Å². The highest BCUT2D eigenvalue weighted by molar-refractivity contribution is 6.01. The smallest absolute Gasteiger partial charge is 0.341 e. The summed E-state index contributed by atoms with van der Waals surface area (Å²) in [7, 11) is 5.80. The summed E-state index contributed by atoms with van der Waals surface area (Å²) in [6.45, 7) is 7.22. The molecule has 0 aliphatic carbocycles. The topological polar surface area (TPSA) is 126 Å². The van der Waals surface area contributed by atoms with Crippen molar-refractivity contribution < 1.29 is 57.0 Å². The second-order valence-corrected chi connectivity index (χ2v) is 12.9. The Morgan fingerprint density at radius 3 is 1.34 bits per heavy atom. The van der Waals surface area contributed by atoms with Crippen LogP contribution in [0.3, 0.4) is 0 Å². The molecule has 6 rings (SSSR count). The van der Waals surface area contributed by atoms with Gasteiger partial charge < -0.3 is 47.4 Å². The zero-order valence-electron chi connectivity index (χ0n) is 29.4. The lowest BCUT2D eigenvalue weighted by Crippen LogP contribution is -2.45. The zero-order valence-corrected chi connectivity index (χ0v) is 29.4. The molecule has 266 valence electrons. The van der Waals surface area contributed by atoms with Gasteiger partial charge >= 0.3 is 11.9 Å². The molecular formula is C38H42O12. The number of rotatable bonds is 11. The first kappa shape index (κ1) is 35.2. The van der Waals surface area contributed by atoms with Gasteiger partial charge in [0.05, 0.1) is 28.4 Å². The summed E-state index contributed by atoms with van der Waals surface area (Å²) in [5, 5.41) is 3.11. The number of hydrogen-bond acceptors (Lipinski definition) is 12. The Morgan fingerprint density at radius 2 is 0.980 bits per heavy atom. The molecule has 4 aromatic rings. The Morgan fingerprint density at radius 1 is 0.580 bits per heavy atom. The van der Waals surface area contributed by atoms with Crippen molar-refractivity contribution in [2.75, 3.05) is 41.7 Å². The van der Waals surface area contributed by atoms with Gasteiger partial charge in [-0.1, -0.05) is 24.3 Å². The molecule has 12 heteroatoms. The predicted octanol–water partition coefficient (Wildman–Crippen LogP) is 6.08. The molecule has 2 fully saturated rings. The number of ether oxygens (including phenoxy) is 10. The average Bonchev–Trinajstić information content (AvgIpc) is 3.60. The predicted molar refractivity (Wildman–Crippen MR) is 182 cm³/mol. The quantitative estimate of drug-likeness (QED) is 0.169. The van der Waals surface area contributed by atoms with E-state index in [1.807, 2.05) is 36.4 Å². The van der Waals surface area contributed by atoms with E-state index < -0.39 is 47.9 Å². The van der Waals surface area contributed by atoms with E-state index in [4.69, 9.17) is 47.4 Å². The third-order valence-electron chi connectivity index (χ3n) is 8.70. The van der Waals surface area contributed by atoms with Crippen molar-refractivity contribution in [3.05, 3.63) is 71.8 Å². The summed E-state index contributed by atoms with van der Waals surface area (Å²) in [6, 6.07) is 18.0. The van der Waals surface area contributed by atoms with Crippen LogP contribution in [0.25, 0.3) is 21.5 Å². The van der Waals surface area contributed by atoms with Gasteiger partial charge in [-0.25, -0.2) is 9.59 Å². The Hall–Kier alpha value is -4.62. The molecule has 4 atom stereocenters. The summed E-state index contributed by atoms with van der Waals surface area (Å²) in [4.78, 5) is 25.7. The van der Waals surface area contributed by atoms with E-state index in [0.29, 0.717) is 23.0 Å². The minimum absolute atomic E-state index is 0.00354. The fraction of sp³-hybridized carbons (Fsp3) is 0.421. The van der Waals surface area contributed by atoms with Crippen LogP contribution in [0, 0.1) is 0 Å². The first-order valence-electron chi connectivity index (χ1n) is 16.2. The molecule has 50 heavy (non-hydrogen) atoms. The molecule has 12 nitrogen and oxygen atoms in total. The van der Waals surface area contributed by atoms with Crippen molar-refractivity contribution in [3.63, 3.8) is 0 Å². The lowest BCUT2D eigenvalue weighted by Gasteiger charge is -2.26. The van der Waals surface area contributed by atoms with Crippen molar-refractivity contribution in [3.8, 4) is 23.0 Å². The van der Waals surface area contributed by atoms with Gasteiger partial charge in [-0.2, -0.15) is 0 Å². The van der Waals surface area contributed by atoms with E-state index in [0.717, 1.165) is 21.5 Å². The molecule has 2 saturated heterocycles. The van der Waals surface area contributed by atoms with E-state index in [1.165, 1.54) is 14.2 Å². The van der Waals surface area contributed by atoms with E-state index >= 15 is 0 Å². The normalized spacial score (nSPS) is 22.3. The molecule has 0 saturated carbocycles. The minimum Gasteiger partial charge on any atom is -0.496 e. The van der Waals surface area contributed by atoms with Crippen LogP contribution in [-0.4, -0.2) is 89.6 Å².